The molecule has 3 rings (SSSR count). The van der Waals surface area contributed by atoms with Gasteiger partial charge in [-0.05, 0) is 94.6 Å². The molecule has 0 heterocycles. The van der Waals surface area contributed by atoms with Crippen LogP contribution in [0.1, 0.15) is 52.7 Å². The van der Waals surface area contributed by atoms with E-state index in [9.17, 15) is 9.90 Å². The molecule has 7 nitrogen and oxygen atoms in total. The lowest BCUT2D eigenvalue weighted by Crippen LogP contribution is -2.40. The van der Waals surface area contributed by atoms with Gasteiger partial charge in [0.25, 0.3) is 0 Å². The fraction of sp³-hybridized carbons (Fsp3) is 0.314. The number of aliphatic carboxylic acids is 1. The largest absolute Gasteiger partial charge is 0.494 e. The number of carbonyl (C=O) groups excluding carboxylic acids is 1. The minimum atomic E-state index is -1.32. The molecule has 0 aliphatic carbocycles. The van der Waals surface area contributed by atoms with Crippen molar-refractivity contribution in [2.45, 2.75) is 60.0 Å². The van der Waals surface area contributed by atoms with Gasteiger partial charge in [0, 0.05) is 13.5 Å². The quantitative estimate of drug-likeness (QED) is 0.130. The Bertz CT molecular complexity index is 1250. The predicted molar refractivity (Wildman–Crippen MR) is 169 cm³/mol. The Morgan fingerprint density at radius 2 is 1.36 bits per heavy atom. The minimum Gasteiger partial charge on any atom is -0.494 e. The zero-order valence-electron chi connectivity index (χ0n) is 25.8. The average Bonchev–Trinajstić information content (AvgIpc) is 2.98. The van der Waals surface area contributed by atoms with Crippen molar-refractivity contribution in [3.05, 3.63) is 113 Å². The normalized spacial score (nSPS) is 11.6. The van der Waals surface area contributed by atoms with Gasteiger partial charge in [-0.25, -0.2) is 4.79 Å². The number of carboxylic acids is 1. The van der Waals surface area contributed by atoms with E-state index < -0.39 is 11.6 Å². The van der Waals surface area contributed by atoms with Crippen LogP contribution in [0.4, 0.5) is 0 Å². The molecule has 0 spiro atoms. The van der Waals surface area contributed by atoms with Crippen molar-refractivity contribution in [1.29, 1.82) is 0 Å². The molecule has 0 radical (unpaired) electrons. The molecule has 0 fully saturated rings. The summed E-state index contributed by atoms with van der Waals surface area (Å²) in [7, 11) is 1.56. The van der Waals surface area contributed by atoms with Gasteiger partial charge in [0.15, 0.2) is 0 Å². The third-order valence-corrected chi connectivity index (χ3v) is 5.69. The molecule has 1 atom stereocenters. The van der Waals surface area contributed by atoms with E-state index in [1.165, 1.54) is 5.56 Å². The molecule has 0 saturated heterocycles. The second-order valence-corrected chi connectivity index (χ2v) is 9.73. The van der Waals surface area contributed by atoms with Crippen LogP contribution in [-0.2, 0) is 27.2 Å². The molecule has 0 aliphatic heterocycles. The summed E-state index contributed by atoms with van der Waals surface area (Å²) in [5.74, 6) is 2.12. The number of carboxylic acid groups (broad SMARTS) is 1. The third-order valence-electron chi connectivity index (χ3n) is 5.69. The van der Waals surface area contributed by atoms with E-state index >= 15 is 0 Å². The summed E-state index contributed by atoms with van der Waals surface area (Å²) < 4.78 is 16.8. The molecule has 1 unspecified atom stereocenters. The first kappa shape index (κ1) is 35.5. The third kappa shape index (κ3) is 14.2. The highest BCUT2D eigenvalue weighted by atomic mass is 16.5. The number of benzene rings is 3. The standard InChI is InChI=1S/C19H26O4.C14H14O.C2H5NO/c1-6-22-17-11-9-16(10-12-17)13-19(5,18(20)21)23-15(4)8-7-14(2)3;1-2-12-8-10-14(11-9-12)15-13-6-4-3-5-7-13;1-3-2-4/h7-12H,6,13H2,1-5H3,(H,20,21);3-11H,2H2,1H3;2H,1H3,(H,3,4)/b15-8+;;. The summed E-state index contributed by atoms with van der Waals surface area (Å²) in [5, 5.41) is 11.8. The number of nitrogens with one attached hydrogen (secondary N) is 1. The maximum absolute atomic E-state index is 11.7. The molecular weight excluding hydrogens is 530 g/mol. The molecular formula is C35H45NO6. The Kier molecular flexibility index (Phi) is 16.5. The number of allylic oxidation sites excluding steroid dienone is 4. The Morgan fingerprint density at radius 3 is 1.83 bits per heavy atom. The smallest absolute Gasteiger partial charge is 0.348 e. The van der Waals surface area contributed by atoms with Crippen molar-refractivity contribution in [2.75, 3.05) is 13.7 Å². The minimum absolute atomic E-state index is 0.273. The van der Waals surface area contributed by atoms with Crippen molar-refractivity contribution in [1.82, 2.24) is 5.32 Å². The summed E-state index contributed by atoms with van der Waals surface area (Å²) in [4.78, 5) is 20.7. The van der Waals surface area contributed by atoms with Crippen LogP contribution < -0.4 is 14.8 Å². The van der Waals surface area contributed by atoms with E-state index in [1.54, 1.807) is 27.0 Å². The lowest BCUT2D eigenvalue weighted by molar-refractivity contribution is -0.158. The fourth-order valence-corrected chi connectivity index (χ4v) is 3.51. The molecule has 3 aromatic rings. The molecule has 3 aromatic carbocycles. The van der Waals surface area contributed by atoms with E-state index in [2.05, 4.69) is 24.4 Å². The molecule has 0 aliphatic rings. The maximum atomic E-state index is 11.7. The first-order valence-electron chi connectivity index (χ1n) is 14.0. The Hall–Kier alpha value is -4.52. The van der Waals surface area contributed by atoms with Crippen LogP contribution in [0.25, 0.3) is 0 Å². The monoisotopic (exact) mass is 575 g/mol. The maximum Gasteiger partial charge on any atom is 0.348 e. The zero-order chi connectivity index (χ0) is 31.4. The zero-order valence-corrected chi connectivity index (χ0v) is 25.8. The number of ether oxygens (including phenoxy) is 3. The molecule has 0 bridgehead atoms. The van der Waals surface area contributed by atoms with Crippen molar-refractivity contribution in [3.63, 3.8) is 0 Å². The molecule has 0 saturated carbocycles. The van der Waals surface area contributed by atoms with Crippen molar-refractivity contribution in [2.24, 2.45) is 0 Å². The molecule has 7 heteroatoms. The van der Waals surface area contributed by atoms with Crippen LogP contribution in [0.5, 0.6) is 17.2 Å². The van der Waals surface area contributed by atoms with Gasteiger partial charge in [-0.15, -0.1) is 0 Å². The van der Waals surface area contributed by atoms with Crippen LogP contribution in [0.3, 0.4) is 0 Å². The van der Waals surface area contributed by atoms with Gasteiger partial charge in [-0.2, -0.15) is 0 Å². The Morgan fingerprint density at radius 1 is 0.833 bits per heavy atom. The molecule has 42 heavy (non-hydrogen) atoms. The number of carbonyl (C=O) groups is 2. The van der Waals surface area contributed by atoms with Gasteiger partial charge in [0.05, 0.1) is 12.4 Å². The summed E-state index contributed by atoms with van der Waals surface area (Å²) in [6.07, 6.45) is 5.64. The first-order valence-corrected chi connectivity index (χ1v) is 14.0. The summed E-state index contributed by atoms with van der Waals surface area (Å²) in [5.41, 5.74) is 2.02. The van der Waals surface area contributed by atoms with Gasteiger partial charge < -0.3 is 24.6 Å². The molecule has 2 N–H and O–H groups in total. The number of hydrogen-bond donors (Lipinski definition) is 2. The SMILES string of the molecule is CCOc1ccc(CC(C)(O/C(C)=C/C=C(C)C)C(=O)O)cc1.CCc1ccc(Oc2ccccc2)cc1.CNC=O. The number of hydrogen-bond acceptors (Lipinski definition) is 5. The second kappa shape index (κ2) is 19.5. The van der Waals surface area contributed by atoms with Crippen molar-refractivity contribution < 1.29 is 28.9 Å². The second-order valence-electron chi connectivity index (χ2n) is 9.73. The van der Waals surface area contributed by atoms with E-state index in [1.807, 2.05) is 93.6 Å². The molecule has 1 amide bonds. The van der Waals surface area contributed by atoms with Crippen LogP contribution in [0.15, 0.2) is 102 Å². The van der Waals surface area contributed by atoms with Crippen molar-refractivity contribution in [3.8, 4) is 17.2 Å². The number of para-hydroxylation sites is 1. The summed E-state index contributed by atoms with van der Waals surface area (Å²) >= 11 is 0. The summed E-state index contributed by atoms with van der Waals surface area (Å²) in [6, 6.07) is 25.4. The number of amides is 1. The van der Waals surface area contributed by atoms with E-state index in [-0.39, 0.29) is 6.42 Å². The van der Waals surface area contributed by atoms with Gasteiger partial charge >= 0.3 is 5.97 Å². The Balaban J connectivity index is 0.000000395. The lowest BCUT2D eigenvalue weighted by atomic mass is 9.96. The highest BCUT2D eigenvalue weighted by Crippen LogP contribution is 2.24. The van der Waals surface area contributed by atoms with Crippen LogP contribution in [0.2, 0.25) is 0 Å². The van der Waals surface area contributed by atoms with E-state index in [0.717, 1.165) is 34.8 Å². The molecule has 226 valence electrons. The van der Waals surface area contributed by atoms with Gasteiger partial charge in [0.2, 0.25) is 12.0 Å². The molecule has 0 aromatic heterocycles. The topological polar surface area (TPSA) is 94.1 Å². The van der Waals surface area contributed by atoms with E-state index in [0.29, 0.717) is 18.8 Å². The Labute approximate surface area is 250 Å². The number of aryl methyl sites for hydroxylation is 1. The lowest BCUT2D eigenvalue weighted by Gasteiger charge is -2.27. The highest BCUT2D eigenvalue weighted by molar-refractivity contribution is 5.77. The van der Waals surface area contributed by atoms with Gasteiger partial charge in [-0.1, -0.05) is 61.0 Å². The fourth-order valence-electron chi connectivity index (χ4n) is 3.51. The van der Waals surface area contributed by atoms with E-state index in [4.69, 9.17) is 19.0 Å². The van der Waals surface area contributed by atoms with Crippen molar-refractivity contribution >= 4 is 12.4 Å². The van der Waals surface area contributed by atoms with Crippen LogP contribution in [-0.4, -0.2) is 36.7 Å². The van der Waals surface area contributed by atoms with Gasteiger partial charge in [0.1, 0.15) is 17.2 Å². The summed E-state index contributed by atoms with van der Waals surface area (Å²) in [6.45, 7) is 12.0. The van der Waals surface area contributed by atoms with Gasteiger partial charge in [-0.3, -0.25) is 4.79 Å². The van der Waals surface area contributed by atoms with Crippen LogP contribution in [0, 0.1) is 0 Å². The number of rotatable bonds is 12. The highest BCUT2D eigenvalue weighted by Gasteiger charge is 2.35. The first-order chi connectivity index (χ1) is 20.1. The average molecular weight is 576 g/mol. The predicted octanol–water partition coefficient (Wildman–Crippen LogP) is 7.76. The van der Waals surface area contributed by atoms with Crippen LogP contribution >= 0.6 is 0 Å².